The Labute approximate surface area is 101 Å². The lowest BCUT2D eigenvalue weighted by atomic mass is 10.1. The van der Waals surface area contributed by atoms with E-state index in [1.807, 2.05) is 11.8 Å². The number of anilines is 2. The van der Waals surface area contributed by atoms with Crippen LogP contribution < -0.4 is 10.6 Å². The first-order valence-corrected chi connectivity index (χ1v) is 5.88. The summed E-state index contributed by atoms with van der Waals surface area (Å²) in [7, 11) is 0. The molecular weight excluding hydrogens is 222 g/mol. The molecule has 0 aromatic heterocycles. The Bertz CT molecular complexity index is 364. The van der Waals surface area contributed by atoms with Gasteiger partial charge < -0.3 is 10.6 Å². The van der Waals surface area contributed by atoms with Gasteiger partial charge in [-0.25, -0.2) is 8.78 Å². The zero-order chi connectivity index (χ0) is 13.0. The Balaban J connectivity index is 3.09. The number of nitrogens with zero attached hydrogens (tertiary/aromatic N) is 1. The van der Waals surface area contributed by atoms with Crippen LogP contribution in [0, 0.1) is 5.92 Å². The lowest BCUT2D eigenvalue weighted by molar-refractivity contribution is 0.152. The Morgan fingerprint density at radius 1 is 1.29 bits per heavy atom. The number of benzene rings is 1. The van der Waals surface area contributed by atoms with Gasteiger partial charge in [-0.05, 0) is 31.0 Å². The number of rotatable bonds is 5. The van der Waals surface area contributed by atoms with Gasteiger partial charge in [-0.1, -0.05) is 13.8 Å². The average Bonchev–Trinajstić information content (AvgIpc) is 2.25. The normalized spacial score (nSPS) is 11.2. The third-order valence-electron chi connectivity index (χ3n) is 2.59. The molecule has 0 saturated carbocycles. The van der Waals surface area contributed by atoms with Crippen molar-refractivity contribution in [2.24, 2.45) is 5.92 Å². The molecule has 1 aromatic rings. The molecule has 0 spiro atoms. The average molecular weight is 242 g/mol. The Hall–Kier alpha value is -1.32. The van der Waals surface area contributed by atoms with Gasteiger partial charge in [0.1, 0.15) is 0 Å². The molecule has 0 aliphatic rings. The summed E-state index contributed by atoms with van der Waals surface area (Å²) in [4.78, 5) is 1.96. The van der Waals surface area contributed by atoms with Gasteiger partial charge in [0.15, 0.2) is 0 Å². The summed E-state index contributed by atoms with van der Waals surface area (Å²) in [5, 5.41) is 0. The highest BCUT2D eigenvalue weighted by Gasteiger charge is 2.17. The van der Waals surface area contributed by atoms with E-state index in [1.165, 1.54) is 6.07 Å². The molecule has 1 aromatic carbocycles. The first kappa shape index (κ1) is 13.7. The monoisotopic (exact) mass is 242 g/mol. The molecule has 0 amide bonds. The molecule has 0 fully saturated rings. The first-order valence-electron chi connectivity index (χ1n) is 5.88. The zero-order valence-electron chi connectivity index (χ0n) is 10.6. The van der Waals surface area contributed by atoms with Crippen LogP contribution in [0.2, 0.25) is 0 Å². The number of alkyl halides is 2. The van der Waals surface area contributed by atoms with Gasteiger partial charge >= 0.3 is 0 Å². The van der Waals surface area contributed by atoms with E-state index in [1.54, 1.807) is 12.1 Å². The topological polar surface area (TPSA) is 29.3 Å². The smallest absolute Gasteiger partial charge is 0.265 e. The van der Waals surface area contributed by atoms with Crippen LogP contribution in [0.4, 0.5) is 20.2 Å². The van der Waals surface area contributed by atoms with Crippen molar-refractivity contribution in [3.8, 4) is 0 Å². The Kier molecular flexibility index (Phi) is 4.73. The molecule has 2 N–H and O–H groups in total. The van der Waals surface area contributed by atoms with Crippen molar-refractivity contribution in [2.75, 3.05) is 23.7 Å². The minimum atomic E-state index is -2.49. The molecule has 0 radical (unpaired) electrons. The molecule has 96 valence electrons. The van der Waals surface area contributed by atoms with Crippen molar-refractivity contribution in [2.45, 2.75) is 27.2 Å². The van der Waals surface area contributed by atoms with Crippen LogP contribution >= 0.6 is 0 Å². The highest BCUT2D eigenvalue weighted by molar-refractivity contribution is 5.60. The van der Waals surface area contributed by atoms with Gasteiger partial charge in [-0.2, -0.15) is 0 Å². The molecule has 0 bridgehead atoms. The van der Waals surface area contributed by atoms with Crippen LogP contribution in [0.15, 0.2) is 18.2 Å². The molecule has 17 heavy (non-hydrogen) atoms. The Morgan fingerprint density at radius 3 is 2.41 bits per heavy atom. The van der Waals surface area contributed by atoms with Crippen LogP contribution in [-0.4, -0.2) is 13.1 Å². The summed E-state index contributed by atoms with van der Waals surface area (Å²) in [6, 6.07) is 4.72. The standard InChI is InChI=1S/C13H20F2N2/c1-4-17(8-9(2)3)12-6-5-10(16)7-11(12)13(14)15/h5-7,9,13H,4,8,16H2,1-3H3. The number of hydrogen-bond donors (Lipinski definition) is 1. The second-order valence-electron chi connectivity index (χ2n) is 4.55. The maximum absolute atomic E-state index is 13.0. The van der Waals surface area contributed by atoms with Crippen LogP contribution in [0.25, 0.3) is 0 Å². The zero-order valence-corrected chi connectivity index (χ0v) is 10.6. The fraction of sp³-hybridized carbons (Fsp3) is 0.538. The number of hydrogen-bond acceptors (Lipinski definition) is 2. The van der Waals surface area contributed by atoms with Crippen molar-refractivity contribution in [3.63, 3.8) is 0 Å². The van der Waals surface area contributed by atoms with Gasteiger partial charge in [0.05, 0.1) is 0 Å². The van der Waals surface area contributed by atoms with Crippen molar-refractivity contribution in [3.05, 3.63) is 23.8 Å². The quantitative estimate of drug-likeness (QED) is 0.798. The van der Waals surface area contributed by atoms with Gasteiger partial charge in [-0.15, -0.1) is 0 Å². The van der Waals surface area contributed by atoms with Crippen molar-refractivity contribution >= 4 is 11.4 Å². The third-order valence-corrected chi connectivity index (χ3v) is 2.59. The molecule has 0 aliphatic carbocycles. The molecule has 0 saturated heterocycles. The predicted molar refractivity (Wildman–Crippen MR) is 68.5 cm³/mol. The van der Waals surface area contributed by atoms with Crippen molar-refractivity contribution < 1.29 is 8.78 Å². The van der Waals surface area contributed by atoms with E-state index in [4.69, 9.17) is 5.73 Å². The maximum Gasteiger partial charge on any atom is 0.265 e. The van der Waals surface area contributed by atoms with Crippen molar-refractivity contribution in [1.29, 1.82) is 0 Å². The highest BCUT2D eigenvalue weighted by atomic mass is 19.3. The fourth-order valence-electron chi connectivity index (χ4n) is 1.87. The lowest BCUT2D eigenvalue weighted by Crippen LogP contribution is -2.28. The Morgan fingerprint density at radius 2 is 1.94 bits per heavy atom. The van der Waals surface area contributed by atoms with Crippen LogP contribution in [0.1, 0.15) is 32.8 Å². The summed E-state index contributed by atoms with van der Waals surface area (Å²) < 4.78 is 25.9. The van der Waals surface area contributed by atoms with E-state index in [0.717, 1.165) is 6.54 Å². The maximum atomic E-state index is 13.0. The van der Waals surface area contributed by atoms with E-state index < -0.39 is 6.43 Å². The number of halogens is 2. The summed E-state index contributed by atoms with van der Waals surface area (Å²) in [6.07, 6.45) is -2.49. The fourth-order valence-corrected chi connectivity index (χ4v) is 1.87. The minimum Gasteiger partial charge on any atom is -0.399 e. The van der Waals surface area contributed by atoms with Gasteiger partial charge in [0, 0.05) is 30.0 Å². The lowest BCUT2D eigenvalue weighted by Gasteiger charge is -2.27. The van der Waals surface area contributed by atoms with Gasteiger partial charge in [-0.3, -0.25) is 0 Å². The first-order chi connectivity index (χ1) is 7.95. The van der Waals surface area contributed by atoms with Crippen molar-refractivity contribution in [1.82, 2.24) is 0 Å². The third kappa shape index (κ3) is 3.58. The van der Waals surface area contributed by atoms with E-state index in [-0.39, 0.29) is 5.56 Å². The van der Waals surface area contributed by atoms with E-state index in [2.05, 4.69) is 13.8 Å². The molecular formula is C13H20F2N2. The molecule has 2 nitrogen and oxygen atoms in total. The molecule has 4 heteroatoms. The highest BCUT2D eigenvalue weighted by Crippen LogP contribution is 2.31. The summed E-state index contributed by atoms with van der Waals surface area (Å²) >= 11 is 0. The van der Waals surface area contributed by atoms with Gasteiger partial charge in [0.25, 0.3) is 6.43 Å². The van der Waals surface area contributed by atoms with E-state index >= 15 is 0 Å². The minimum absolute atomic E-state index is 0.0208. The summed E-state index contributed by atoms with van der Waals surface area (Å²) in [6.45, 7) is 7.58. The van der Waals surface area contributed by atoms with Crippen LogP contribution in [-0.2, 0) is 0 Å². The summed E-state index contributed by atoms with van der Waals surface area (Å²) in [5.41, 5.74) is 6.54. The second kappa shape index (κ2) is 5.84. The van der Waals surface area contributed by atoms with E-state index in [0.29, 0.717) is 23.8 Å². The van der Waals surface area contributed by atoms with Crippen LogP contribution in [0.5, 0.6) is 0 Å². The predicted octanol–water partition coefficient (Wildman–Crippen LogP) is 3.69. The number of nitrogen functional groups attached to an aromatic ring is 1. The number of nitrogens with two attached hydrogens (primary N) is 1. The second-order valence-corrected chi connectivity index (χ2v) is 4.55. The van der Waals surface area contributed by atoms with Gasteiger partial charge in [0.2, 0.25) is 0 Å². The SMILES string of the molecule is CCN(CC(C)C)c1ccc(N)cc1C(F)F. The largest absolute Gasteiger partial charge is 0.399 e. The molecule has 0 heterocycles. The molecule has 0 unspecified atom stereocenters. The molecule has 0 aliphatic heterocycles. The molecule has 1 rings (SSSR count). The van der Waals surface area contributed by atoms with Crippen LogP contribution in [0.3, 0.4) is 0 Å². The summed E-state index contributed by atoms with van der Waals surface area (Å²) in [5.74, 6) is 0.429. The van der Waals surface area contributed by atoms with E-state index in [9.17, 15) is 8.78 Å². The molecule has 0 atom stereocenters.